The molecule has 0 aliphatic carbocycles. The number of carbonyl (C=O) groups is 2. The molecule has 0 radical (unpaired) electrons. The number of hydrogen-bond acceptors (Lipinski definition) is 4. The third kappa shape index (κ3) is 5.61. The maximum atomic E-state index is 14.0. The van der Waals surface area contributed by atoms with Crippen LogP contribution in [0, 0.1) is 5.82 Å². The summed E-state index contributed by atoms with van der Waals surface area (Å²) in [7, 11) is 0. The van der Waals surface area contributed by atoms with Crippen LogP contribution < -0.4 is 10.6 Å². The molecule has 0 atom stereocenters. The lowest BCUT2D eigenvalue weighted by atomic mass is 10.1. The largest absolute Gasteiger partial charge is 0.379 e. The molecular weight excluding hydrogens is 361 g/mol. The van der Waals surface area contributed by atoms with Crippen molar-refractivity contribution in [3.8, 4) is 0 Å². The van der Waals surface area contributed by atoms with Gasteiger partial charge in [-0.25, -0.2) is 4.39 Å². The SMILES string of the molecule is CC(=O)Nc1ccc(F)c(C(=O)NCc2ccc(CN3CCOCC3)cc2)c1. The van der Waals surface area contributed by atoms with Gasteiger partial charge in [-0.2, -0.15) is 0 Å². The monoisotopic (exact) mass is 385 g/mol. The molecule has 1 aliphatic heterocycles. The van der Waals surface area contributed by atoms with E-state index in [1.165, 1.54) is 30.7 Å². The van der Waals surface area contributed by atoms with Crippen LogP contribution in [0.1, 0.15) is 28.4 Å². The summed E-state index contributed by atoms with van der Waals surface area (Å²) in [6.45, 7) is 5.92. The minimum Gasteiger partial charge on any atom is -0.379 e. The van der Waals surface area contributed by atoms with Gasteiger partial charge in [-0.15, -0.1) is 0 Å². The number of rotatable bonds is 6. The lowest BCUT2D eigenvalue weighted by Gasteiger charge is -2.26. The molecule has 1 fully saturated rings. The molecule has 0 aromatic heterocycles. The number of anilines is 1. The van der Waals surface area contributed by atoms with Gasteiger partial charge in [-0.1, -0.05) is 24.3 Å². The number of morpholine rings is 1. The van der Waals surface area contributed by atoms with E-state index < -0.39 is 11.7 Å². The first-order valence-corrected chi connectivity index (χ1v) is 9.24. The average Bonchev–Trinajstić information content (AvgIpc) is 2.69. The number of benzene rings is 2. The van der Waals surface area contributed by atoms with Gasteiger partial charge in [-0.3, -0.25) is 14.5 Å². The Bertz CT molecular complexity index is 833. The van der Waals surface area contributed by atoms with Crippen LogP contribution in [0.4, 0.5) is 10.1 Å². The number of halogens is 1. The topological polar surface area (TPSA) is 70.7 Å². The Labute approximate surface area is 163 Å². The van der Waals surface area contributed by atoms with Crippen molar-refractivity contribution in [3.05, 3.63) is 65.0 Å². The molecule has 6 nitrogen and oxygen atoms in total. The molecule has 2 amide bonds. The fraction of sp³-hybridized carbons (Fsp3) is 0.333. The molecule has 2 N–H and O–H groups in total. The predicted molar refractivity (Wildman–Crippen MR) is 104 cm³/mol. The van der Waals surface area contributed by atoms with Gasteiger partial charge < -0.3 is 15.4 Å². The molecule has 0 spiro atoms. The van der Waals surface area contributed by atoms with Crippen LogP contribution in [0.2, 0.25) is 0 Å². The van der Waals surface area contributed by atoms with Gasteiger partial charge in [-0.05, 0) is 29.3 Å². The smallest absolute Gasteiger partial charge is 0.254 e. The van der Waals surface area contributed by atoms with E-state index in [2.05, 4.69) is 15.5 Å². The van der Waals surface area contributed by atoms with Crippen molar-refractivity contribution in [1.29, 1.82) is 0 Å². The second-order valence-corrected chi connectivity index (χ2v) is 6.76. The lowest BCUT2D eigenvalue weighted by molar-refractivity contribution is -0.114. The molecule has 3 rings (SSSR count). The molecule has 1 heterocycles. The average molecular weight is 385 g/mol. The number of amides is 2. The first-order chi connectivity index (χ1) is 13.5. The van der Waals surface area contributed by atoms with Crippen molar-refractivity contribution >= 4 is 17.5 Å². The van der Waals surface area contributed by atoms with Crippen molar-refractivity contribution in [2.45, 2.75) is 20.0 Å². The zero-order valence-corrected chi connectivity index (χ0v) is 15.8. The molecule has 1 aliphatic rings. The van der Waals surface area contributed by atoms with E-state index in [4.69, 9.17) is 4.74 Å². The van der Waals surface area contributed by atoms with E-state index in [0.29, 0.717) is 12.2 Å². The summed E-state index contributed by atoms with van der Waals surface area (Å²) in [4.78, 5) is 25.8. The number of carbonyl (C=O) groups excluding carboxylic acids is 2. The molecule has 2 aromatic carbocycles. The Morgan fingerprint density at radius 1 is 1.07 bits per heavy atom. The Balaban J connectivity index is 1.56. The van der Waals surface area contributed by atoms with Gasteiger partial charge in [0.25, 0.3) is 5.91 Å². The van der Waals surface area contributed by atoms with Crippen LogP contribution in [0.5, 0.6) is 0 Å². The molecule has 7 heteroatoms. The standard InChI is InChI=1S/C21H24FN3O3/c1-15(26)24-18-6-7-20(22)19(12-18)21(27)23-13-16-2-4-17(5-3-16)14-25-8-10-28-11-9-25/h2-7,12H,8-11,13-14H2,1H3,(H,23,27)(H,24,26). The van der Waals surface area contributed by atoms with Crippen LogP contribution in [0.3, 0.4) is 0 Å². The molecule has 0 bridgehead atoms. The molecule has 0 unspecified atom stereocenters. The van der Waals surface area contributed by atoms with Crippen LogP contribution in [-0.2, 0) is 22.6 Å². The first-order valence-electron chi connectivity index (χ1n) is 9.24. The number of nitrogens with one attached hydrogen (secondary N) is 2. The highest BCUT2D eigenvalue weighted by atomic mass is 19.1. The lowest BCUT2D eigenvalue weighted by Crippen LogP contribution is -2.35. The quantitative estimate of drug-likeness (QED) is 0.802. The van der Waals surface area contributed by atoms with Gasteiger partial charge >= 0.3 is 0 Å². The highest BCUT2D eigenvalue weighted by Crippen LogP contribution is 2.15. The highest BCUT2D eigenvalue weighted by molar-refractivity contribution is 5.97. The van der Waals surface area contributed by atoms with Gasteiger partial charge in [0.15, 0.2) is 0 Å². The molecule has 1 saturated heterocycles. The maximum absolute atomic E-state index is 14.0. The van der Waals surface area contributed by atoms with Gasteiger partial charge in [0.1, 0.15) is 5.82 Å². The van der Waals surface area contributed by atoms with Gasteiger partial charge in [0.05, 0.1) is 18.8 Å². The summed E-state index contributed by atoms with van der Waals surface area (Å²) in [6.07, 6.45) is 0. The molecular formula is C21H24FN3O3. The molecule has 0 saturated carbocycles. The zero-order chi connectivity index (χ0) is 19.9. The summed E-state index contributed by atoms with van der Waals surface area (Å²) in [5.41, 5.74) is 2.41. The number of ether oxygens (including phenoxy) is 1. The summed E-state index contributed by atoms with van der Waals surface area (Å²) in [6, 6.07) is 11.9. The van der Waals surface area contributed by atoms with Crippen molar-refractivity contribution in [2.75, 3.05) is 31.6 Å². The summed E-state index contributed by atoms with van der Waals surface area (Å²) >= 11 is 0. The van der Waals surface area contributed by atoms with Crippen LogP contribution in [0.15, 0.2) is 42.5 Å². The van der Waals surface area contributed by atoms with Gasteiger partial charge in [0, 0.05) is 38.8 Å². The predicted octanol–water partition coefficient (Wildman–Crippen LogP) is 2.55. The minimum absolute atomic E-state index is 0.102. The molecule has 2 aromatic rings. The Kier molecular flexibility index (Phi) is 6.73. The number of hydrogen-bond donors (Lipinski definition) is 2. The summed E-state index contributed by atoms with van der Waals surface area (Å²) in [5.74, 6) is -1.44. The van der Waals surface area contributed by atoms with E-state index in [1.54, 1.807) is 0 Å². The fourth-order valence-corrected chi connectivity index (χ4v) is 3.04. The van der Waals surface area contributed by atoms with Crippen LogP contribution in [-0.4, -0.2) is 43.0 Å². The summed E-state index contributed by atoms with van der Waals surface area (Å²) in [5, 5.41) is 5.26. The summed E-state index contributed by atoms with van der Waals surface area (Å²) < 4.78 is 19.3. The minimum atomic E-state index is -0.632. The van der Waals surface area contributed by atoms with E-state index in [1.807, 2.05) is 24.3 Å². The Hall–Kier alpha value is -2.77. The number of nitrogens with zero attached hydrogens (tertiary/aromatic N) is 1. The van der Waals surface area contributed by atoms with E-state index in [0.717, 1.165) is 38.4 Å². The van der Waals surface area contributed by atoms with Crippen molar-refractivity contribution in [3.63, 3.8) is 0 Å². The fourth-order valence-electron chi connectivity index (χ4n) is 3.04. The van der Waals surface area contributed by atoms with Crippen molar-refractivity contribution in [1.82, 2.24) is 10.2 Å². The van der Waals surface area contributed by atoms with Crippen LogP contribution in [0.25, 0.3) is 0 Å². The van der Waals surface area contributed by atoms with E-state index >= 15 is 0 Å². The third-order valence-corrected chi connectivity index (χ3v) is 4.52. The molecule has 28 heavy (non-hydrogen) atoms. The highest BCUT2D eigenvalue weighted by Gasteiger charge is 2.13. The second kappa shape index (κ2) is 9.43. The third-order valence-electron chi connectivity index (χ3n) is 4.52. The maximum Gasteiger partial charge on any atom is 0.254 e. The van der Waals surface area contributed by atoms with Crippen molar-refractivity contribution < 1.29 is 18.7 Å². The Morgan fingerprint density at radius 3 is 2.43 bits per heavy atom. The second-order valence-electron chi connectivity index (χ2n) is 6.76. The first kappa shape index (κ1) is 20.0. The Morgan fingerprint density at radius 2 is 1.75 bits per heavy atom. The normalized spacial score (nSPS) is 14.5. The van der Waals surface area contributed by atoms with Crippen LogP contribution >= 0.6 is 0 Å². The molecule has 148 valence electrons. The van der Waals surface area contributed by atoms with E-state index in [9.17, 15) is 14.0 Å². The van der Waals surface area contributed by atoms with Crippen molar-refractivity contribution in [2.24, 2.45) is 0 Å². The van der Waals surface area contributed by atoms with Gasteiger partial charge in [0.2, 0.25) is 5.91 Å². The zero-order valence-electron chi connectivity index (χ0n) is 15.8. The van der Waals surface area contributed by atoms with E-state index in [-0.39, 0.29) is 11.5 Å².